The first-order valence-electron chi connectivity index (χ1n) is 8.93. The fraction of sp³-hybridized carbons (Fsp3) is 0.0455. The SMILES string of the molecule is COc1cc(-c2cccc(F)c2)c(F)cc1-n1c(=O)ccc2cc(S(=O)(=O)Cl)ccc21. The lowest BCUT2D eigenvalue weighted by Crippen LogP contribution is -2.18. The fourth-order valence-electron chi connectivity index (χ4n) is 3.38. The zero-order valence-corrected chi connectivity index (χ0v) is 17.5. The number of benzene rings is 3. The van der Waals surface area contributed by atoms with Crippen LogP contribution < -0.4 is 10.3 Å². The van der Waals surface area contributed by atoms with E-state index in [1.165, 1.54) is 66.3 Å². The number of hydrogen-bond donors (Lipinski definition) is 0. The van der Waals surface area contributed by atoms with E-state index < -0.39 is 26.2 Å². The van der Waals surface area contributed by atoms with Gasteiger partial charge in [-0.15, -0.1) is 0 Å². The van der Waals surface area contributed by atoms with Crippen LogP contribution in [0.4, 0.5) is 8.78 Å². The first kappa shape index (κ1) is 21.0. The number of halogens is 3. The van der Waals surface area contributed by atoms with Crippen LogP contribution >= 0.6 is 10.7 Å². The topological polar surface area (TPSA) is 65.4 Å². The Kier molecular flexibility index (Phi) is 5.28. The zero-order chi connectivity index (χ0) is 22.3. The molecule has 0 fully saturated rings. The van der Waals surface area contributed by atoms with E-state index in [1.54, 1.807) is 6.07 Å². The number of ether oxygens (including phenoxy) is 1. The Bertz CT molecular complexity index is 1500. The normalized spacial score (nSPS) is 11.6. The summed E-state index contributed by atoms with van der Waals surface area (Å²) in [5.41, 5.74) is 0.365. The standard InChI is InChI=1S/C22H14ClF2NO4S/c1-30-21-11-17(13-3-2-4-15(24)9-13)18(25)12-20(21)26-19-7-6-16(31(23,28)29)10-14(19)5-8-22(26)27/h2-12H,1H3. The minimum Gasteiger partial charge on any atom is -0.495 e. The number of aromatic nitrogens is 1. The minimum absolute atomic E-state index is 0.101. The van der Waals surface area contributed by atoms with Crippen molar-refractivity contribution in [2.75, 3.05) is 7.11 Å². The number of fused-ring (bicyclic) bond motifs is 1. The van der Waals surface area contributed by atoms with Gasteiger partial charge in [-0.05, 0) is 48.0 Å². The molecule has 4 aromatic rings. The van der Waals surface area contributed by atoms with Crippen molar-refractivity contribution in [3.05, 3.63) is 88.7 Å². The monoisotopic (exact) mass is 461 g/mol. The first-order chi connectivity index (χ1) is 14.7. The van der Waals surface area contributed by atoms with Gasteiger partial charge in [0, 0.05) is 33.8 Å². The highest BCUT2D eigenvalue weighted by Crippen LogP contribution is 2.34. The highest BCUT2D eigenvalue weighted by Gasteiger charge is 2.18. The Morgan fingerprint density at radius 2 is 1.74 bits per heavy atom. The second kappa shape index (κ2) is 7.79. The number of hydrogen-bond acceptors (Lipinski definition) is 4. The van der Waals surface area contributed by atoms with E-state index in [0.717, 1.165) is 6.07 Å². The van der Waals surface area contributed by atoms with Crippen LogP contribution in [0.3, 0.4) is 0 Å². The smallest absolute Gasteiger partial charge is 0.261 e. The van der Waals surface area contributed by atoms with Crippen LogP contribution in [-0.4, -0.2) is 20.1 Å². The van der Waals surface area contributed by atoms with Gasteiger partial charge in [0.25, 0.3) is 14.6 Å². The molecule has 0 aliphatic carbocycles. The maximum atomic E-state index is 15.0. The molecule has 1 heterocycles. The summed E-state index contributed by atoms with van der Waals surface area (Å²) in [6, 6.07) is 14.6. The van der Waals surface area contributed by atoms with E-state index in [-0.39, 0.29) is 21.9 Å². The average Bonchev–Trinajstić information content (AvgIpc) is 2.72. The van der Waals surface area contributed by atoms with Crippen molar-refractivity contribution >= 4 is 30.6 Å². The van der Waals surface area contributed by atoms with Gasteiger partial charge in [0.1, 0.15) is 17.4 Å². The molecule has 9 heteroatoms. The number of rotatable bonds is 4. The van der Waals surface area contributed by atoms with E-state index >= 15 is 4.39 Å². The summed E-state index contributed by atoms with van der Waals surface area (Å²) in [4.78, 5) is 12.6. The molecule has 0 spiro atoms. The molecule has 3 aromatic carbocycles. The molecular formula is C22H14ClF2NO4S. The maximum absolute atomic E-state index is 15.0. The second-order valence-corrected chi connectivity index (χ2v) is 9.25. The van der Waals surface area contributed by atoms with Crippen LogP contribution in [0.5, 0.6) is 5.75 Å². The van der Waals surface area contributed by atoms with Gasteiger partial charge in [-0.1, -0.05) is 12.1 Å². The Morgan fingerprint density at radius 3 is 2.42 bits per heavy atom. The lowest BCUT2D eigenvalue weighted by atomic mass is 10.0. The quantitative estimate of drug-likeness (QED) is 0.407. The molecule has 0 amide bonds. The number of nitrogens with zero attached hydrogens (tertiary/aromatic N) is 1. The highest BCUT2D eigenvalue weighted by molar-refractivity contribution is 8.13. The van der Waals surface area contributed by atoms with Crippen molar-refractivity contribution in [1.29, 1.82) is 0 Å². The summed E-state index contributed by atoms with van der Waals surface area (Å²) in [6.45, 7) is 0. The predicted molar refractivity (Wildman–Crippen MR) is 114 cm³/mol. The van der Waals surface area contributed by atoms with Crippen molar-refractivity contribution < 1.29 is 21.9 Å². The van der Waals surface area contributed by atoms with Crippen LogP contribution in [-0.2, 0) is 9.05 Å². The van der Waals surface area contributed by atoms with Crippen LogP contribution in [0, 0.1) is 11.6 Å². The zero-order valence-electron chi connectivity index (χ0n) is 16.0. The van der Waals surface area contributed by atoms with Gasteiger partial charge in [0.05, 0.1) is 23.2 Å². The molecule has 0 aliphatic heterocycles. The fourth-order valence-corrected chi connectivity index (χ4v) is 4.17. The van der Waals surface area contributed by atoms with Crippen LogP contribution in [0.1, 0.15) is 0 Å². The predicted octanol–water partition coefficient (Wildman–Crippen LogP) is 4.87. The summed E-state index contributed by atoms with van der Waals surface area (Å²) in [5.74, 6) is -1.04. The molecule has 0 unspecified atom stereocenters. The molecule has 31 heavy (non-hydrogen) atoms. The lowest BCUT2D eigenvalue weighted by molar-refractivity contribution is 0.412. The molecule has 0 saturated heterocycles. The first-order valence-corrected chi connectivity index (χ1v) is 11.2. The van der Waals surface area contributed by atoms with Crippen molar-refractivity contribution in [1.82, 2.24) is 4.57 Å². The molecule has 158 valence electrons. The van der Waals surface area contributed by atoms with Crippen LogP contribution in [0.25, 0.3) is 27.7 Å². The molecule has 5 nitrogen and oxygen atoms in total. The van der Waals surface area contributed by atoms with E-state index in [1.807, 2.05) is 0 Å². The summed E-state index contributed by atoms with van der Waals surface area (Å²) >= 11 is 0. The summed E-state index contributed by atoms with van der Waals surface area (Å²) in [7, 11) is 2.80. The number of methoxy groups -OCH3 is 1. The van der Waals surface area contributed by atoms with Gasteiger partial charge in [0.15, 0.2) is 0 Å². The largest absolute Gasteiger partial charge is 0.495 e. The number of pyridine rings is 1. The van der Waals surface area contributed by atoms with E-state index in [9.17, 15) is 17.6 Å². The second-order valence-electron chi connectivity index (χ2n) is 6.68. The third-order valence-electron chi connectivity index (χ3n) is 4.79. The molecule has 4 rings (SSSR count). The lowest BCUT2D eigenvalue weighted by Gasteiger charge is -2.16. The summed E-state index contributed by atoms with van der Waals surface area (Å²) < 4.78 is 58.5. The molecule has 0 atom stereocenters. The average molecular weight is 462 g/mol. The highest BCUT2D eigenvalue weighted by atomic mass is 35.7. The van der Waals surface area contributed by atoms with E-state index in [4.69, 9.17) is 15.4 Å². The molecular weight excluding hydrogens is 448 g/mol. The molecule has 1 aromatic heterocycles. The Balaban J connectivity index is 1.98. The van der Waals surface area contributed by atoms with Crippen molar-refractivity contribution in [2.45, 2.75) is 4.90 Å². The van der Waals surface area contributed by atoms with Crippen molar-refractivity contribution in [3.63, 3.8) is 0 Å². The van der Waals surface area contributed by atoms with Crippen molar-refractivity contribution in [2.24, 2.45) is 0 Å². The van der Waals surface area contributed by atoms with Gasteiger partial charge >= 0.3 is 0 Å². The van der Waals surface area contributed by atoms with E-state index in [2.05, 4.69) is 0 Å². The molecule has 0 radical (unpaired) electrons. The minimum atomic E-state index is -3.97. The van der Waals surface area contributed by atoms with Crippen LogP contribution in [0.2, 0.25) is 0 Å². The third kappa shape index (κ3) is 3.92. The third-order valence-corrected chi connectivity index (χ3v) is 6.14. The van der Waals surface area contributed by atoms with Gasteiger partial charge in [-0.2, -0.15) is 0 Å². The summed E-state index contributed by atoms with van der Waals surface area (Å²) in [6.07, 6.45) is 0. The molecule has 0 N–H and O–H groups in total. The van der Waals surface area contributed by atoms with Gasteiger partial charge in [-0.25, -0.2) is 17.2 Å². The maximum Gasteiger partial charge on any atom is 0.261 e. The molecule has 0 aliphatic rings. The Labute approximate surface area is 180 Å². The van der Waals surface area contributed by atoms with Gasteiger partial charge in [-0.3, -0.25) is 9.36 Å². The van der Waals surface area contributed by atoms with E-state index in [0.29, 0.717) is 16.5 Å². The Hall–Kier alpha value is -3.23. The molecule has 0 saturated carbocycles. The summed E-state index contributed by atoms with van der Waals surface area (Å²) in [5, 5.41) is 0.401. The van der Waals surface area contributed by atoms with Crippen LogP contribution in [0.15, 0.2) is 76.4 Å². The Morgan fingerprint density at radius 1 is 0.968 bits per heavy atom. The van der Waals surface area contributed by atoms with Gasteiger partial charge in [0.2, 0.25) is 0 Å². The van der Waals surface area contributed by atoms with Gasteiger partial charge < -0.3 is 4.74 Å². The molecule has 0 bridgehead atoms. The van der Waals surface area contributed by atoms with Crippen molar-refractivity contribution in [3.8, 4) is 22.6 Å².